The topological polar surface area (TPSA) is 26.3 Å². The highest BCUT2D eigenvalue weighted by molar-refractivity contribution is 9.10. The summed E-state index contributed by atoms with van der Waals surface area (Å²) in [5.74, 6) is -0.453. The second-order valence-corrected chi connectivity index (χ2v) is 5.04. The molecule has 1 rings (SSSR count). The van der Waals surface area contributed by atoms with Crippen LogP contribution < -0.4 is 0 Å². The number of rotatable bonds is 2. The van der Waals surface area contributed by atoms with Crippen LogP contribution in [-0.2, 0) is 9.53 Å². The fourth-order valence-electron chi connectivity index (χ4n) is 1.76. The summed E-state index contributed by atoms with van der Waals surface area (Å²) in [7, 11) is 1.33. The van der Waals surface area contributed by atoms with E-state index in [9.17, 15) is 4.79 Å². The highest BCUT2D eigenvalue weighted by Gasteiger charge is 2.13. The Morgan fingerprint density at radius 1 is 1.35 bits per heavy atom. The van der Waals surface area contributed by atoms with Gasteiger partial charge in [-0.3, -0.25) is 0 Å². The maximum absolute atomic E-state index is 11.2. The van der Waals surface area contributed by atoms with E-state index in [1.807, 2.05) is 26.8 Å². The number of hydrogen-bond acceptors (Lipinski definition) is 2. The Kier molecular flexibility index (Phi) is 4.78. The fourth-order valence-corrected chi connectivity index (χ4v) is 2.46. The number of carbonyl (C=O) groups is 1. The van der Waals surface area contributed by atoms with Crippen LogP contribution in [0.3, 0.4) is 0 Å². The number of benzene rings is 1. The van der Waals surface area contributed by atoms with Gasteiger partial charge in [-0.15, -0.1) is 0 Å². The lowest BCUT2D eigenvalue weighted by molar-refractivity contribution is -0.134. The molecule has 0 radical (unpaired) electrons. The molecule has 0 amide bonds. The van der Waals surface area contributed by atoms with Crippen molar-refractivity contribution >= 4 is 38.5 Å². The first-order chi connectivity index (χ1) is 7.88. The van der Waals surface area contributed by atoms with Gasteiger partial charge >= 0.3 is 5.97 Å². The minimum atomic E-state index is -0.453. The van der Waals surface area contributed by atoms with Gasteiger partial charge in [-0.2, -0.15) is 0 Å². The molecule has 0 spiro atoms. The summed E-state index contributed by atoms with van der Waals surface area (Å²) in [6.45, 7) is 5.95. The van der Waals surface area contributed by atoms with E-state index >= 15 is 0 Å². The van der Waals surface area contributed by atoms with Gasteiger partial charge in [0.2, 0.25) is 0 Å². The van der Waals surface area contributed by atoms with Gasteiger partial charge in [-0.05, 0) is 37.5 Å². The van der Waals surface area contributed by atoms with Crippen molar-refractivity contribution in [1.29, 1.82) is 0 Å². The van der Waals surface area contributed by atoms with E-state index in [0.717, 1.165) is 26.7 Å². The van der Waals surface area contributed by atoms with Gasteiger partial charge in [0.25, 0.3) is 0 Å². The van der Waals surface area contributed by atoms with Crippen molar-refractivity contribution in [2.45, 2.75) is 20.8 Å². The second-order valence-electron chi connectivity index (χ2n) is 3.84. The van der Waals surface area contributed by atoms with E-state index in [0.29, 0.717) is 5.03 Å². The molecule has 0 saturated carbocycles. The van der Waals surface area contributed by atoms with Crippen LogP contribution in [0.4, 0.5) is 0 Å². The predicted octanol–water partition coefficient (Wildman–Crippen LogP) is 4.13. The highest BCUT2D eigenvalue weighted by Crippen LogP contribution is 2.33. The lowest BCUT2D eigenvalue weighted by atomic mass is 9.99. The molecule has 0 aromatic heterocycles. The Morgan fingerprint density at radius 2 is 1.94 bits per heavy atom. The second kappa shape index (κ2) is 5.69. The summed E-state index contributed by atoms with van der Waals surface area (Å²) in [6, 6.07) is 2.03. The molecule has 4 heteroatoms. The first kappa shape index (κ1) is 14.3. The molecule has 0 heterocycles. The molecule has 92 valence electrons. The van der Waals surface area contributed by atoms with Gasteiger partial charge in [0.05, 0.1) is 12.1 Å². The summed E-state index contributed by atoms with van der Waals surface area (Å²) >= 11 is 9.67. The highest BCUT2D eigenvalue weighted by atomic mass is 79.9. The molecule has 1 aromatic rings. The largest absolute Gasteiger partial charge is 0.466 e. The van der Waals surface area contributed by atoms with Crippen molar-refractivity contribution in [2.24, 2.45) is 0 Å². The summed E-state index contributed by atoms with van der Waals surface area (Å²) < 4.78 is 5.57. The lowest BCUT2D eigenvalue weighted by Gasteiger charge is -2.13. The molecule has 0 aliphatic carbocycles. The molecule has 1 aromatic carbocycles. The monoisotopic (exact) mass is 316 g/mol. The van der Waals surface area contributed by atoms with Crippen LogP contribution in [0.25, 0.3) is 5.03 Å². The van der Waals surface area contributed by atoms with Crippen LogP contribution in [0, 0.1) is 20.8 Å². The van der Waals surface area contributed by atoms with Gasteiger partial charge < -0.3 is 4.74 Å². The Hall–Kier alpha value is -0.800. The zero-order valence-corrected chi connectivity index (χ0v) is 12.6. The van der Waals surface area contributed by atoms with Gasteiger partial charge in [0.1, 0.15) is 0 Å². The molecule has 0 aliphatic heterocycles. The molecule has 0 aliphatic rings. The number of methoxy groups -OCH3 is 1. The maximum Gasteiger partial charge on any atom is 0.331 e. The summed E-state index contributed by atoms with van der Waals surface area (Å²) in [5.41, 5.74) is 4.07. The van der Waals surface area contributed by atoms with Gasteiger partial charge in [0, 0.05) is 16.1 Å². The fraction of sp³-hybridized carbons (Fsp3) is 0.308. The third-order valence-electron chi connectivity index (χ3n) is 2.56. The van der Waals surface area contributed by atoms with E-state index in [1.54, 1.807) is 0 Å². The quantitative estimate of drug-likeness (QED) is 0.605. The average molecular weight is 318 g/mol. The minimum Gasteiger partial charge on any atom is -0.466 e. The molecule has 0 bridgehead atoms. The normalized spacial score (nSPS) is 11.5. The van der Waals surface area contributed by atoms with Gasteiger partial charge in [-0.1, -0.05) is 33.6 Å². The SMILES string of the molecule is COC(=O)/C=C(\Cl)c1c(C)cc(C)c(Br)c1C. The smallest absolute Gasteiger partial charge is 0.331 e. The average Bonchev–Trinajstić information content (AvgIpc) is 2.25. The maximum atomic E-state index is 11.2. The van der Waals surface area contributed by atoms with Crippen molar-refractivity contribution in [2.75, 3.05) is 7.11 Å². The molecule has 2 nitrogen and oxygen atoms in total. The van der Waals surface area contributed by atoms with Gasteiger partial charge in [0.15, 0.2) is 0 Å². The minimum absolute atomic E-state index is 0.396. The molecule has 0 N–H and O–H groups in total. The van der Waals surface area contributed by atoms with E-state index < -0.39 is 5.97 Å². The molecular formula is C13H14BrClO2. The standard InChI is InChI=1S/C13H14BrClO2/c1-7-5-8(2)13(14)9(3)12(7)10(15)6-11(16)17-4/h5-6H,1-4H3/b10-6-. The zero-order valence-electron chi connectivity index (χ0n) is 10.2. The lowest BCUT2D eigenvalue weighted by Crippen LogP contribution is -1.98. The summed E-state index contributed by atoms with van der Waals surface area (Å²) in [4.78, 5) is 11.2. The van der Waals surface area contributed by atoms with E-state index in [2.05, 4.69) is 20.7 Å². The van der Waals surface area contributed by atoms with Crippen LogP contribution in [0.2, 0.25) is 0 Å². The molecule has 0 atom stereocenters. The Balaban J connectivity index is 3.37. The van der Waals surface area contributed by atoms with Crippen molar-refractivity contribution in [3.8, 4) is 0 Å². The van der Waals surface area contributed by atoms with E-state index in [4.69, 9.17) is 11.6 Å². The van der Waals surface area contributed by atoms with Crippen molar-refractivity contribution < 1.29 is 9.53 Å². The molecule has 0 fully saturated rings. The third kappa shape index (κ3) is 3.11. The first-order valence-corrected chi connectivity index (χ1v) is 6.27. The summed E-state index contributed by atoms with van der Waals surface area (Å²) in [6.07, 6.45) is 1.29. The number of halogens is 2. The molecule has 0 saturated heterocycles. The third-order valence-corrected chi connectivity index (χ3v) is 4.08. The van der Waals surface area contributed by atoms with Crippen LogP contribution >= 0.6 is 27.5 Å². The van der Waals surface area contributed by atoms with Crippen molar-refractivity contribution in [3.05, 3.63) is 38.9 Å². The van der Waals surface area contributed by atoms with Gasteiger partial charge in [-0.25, -0.2) is 4.79 Å². The van der Waals surface area contributed by atoms with Crippen LogP contribution in [0.5, 0.6) is 0 Å². The van der Waals surface area contributed by atoms with E-state index in [1.165, 1.54) is 13.2 Å². The number of hydrogen-bond donors (Lipinski definition) is 0. The number of ether oxygens (including phenoxy) is 1. The Morgan fingerprint density at radius 3 is 2.47 bits per heavy atom. The van der Waals surface area contributed by atoms with E-state index in [-0.39, 0.29) is 0 Å². The first-order valence-electron chi connectivity index (χ1n) is 5.10. The van der Waals surface area contributed by atoms with Crippen molar-refractivity contribution in [3.63, 3.8) is 0 Å². The number of esters is 1. The molecular weight excluding hydrogens is 303 g/mol. The number of aryl methyl sites for hydroxylation is 2. The zero-order chi connectivity index (χ0) is 13.2. The van der Waals surface area contributed by atoms with Crippen LogP contribution in [0.1, 0.15) is 22.3 Å². The summed E-state index contributed by atoms with van der Waals surface area (Å²) in [5, 5.41) is 0.396. The predicted molar refractivity (Wildman–Crippen MR) is 74.2 cm³/mol. The Labute approximate surface area is 115 Å². The molecule has 17 heavy (non-hydrogen) atoms. The van der Waals surface area contributed by atoms with Crippen molar-refractivity contribution in [1.82, 2.24) is 0 Å². The van der Waals surface area contributed by atoms with Crippen LogP contribution in [0.15, 0.2) is 16.6 Å². The molecule has 0 unspecified atom stereocenters. The van der Waals surface area contributed by atoms with Crippen LogP contribution in [-0.4, -0.2) is 13.1 Å². The Bertz CT molecular complexity index is 493. The number of carbonyl (C=O) groups excluding carboxylic acids is 1.